The molecule has 1 aliphatic heterocycles. The predicted molar refractivity (Wildman–Crippen MR) is 130 cm³/mol. The van der Waals surface area contributed by atoms with Crippen LogP contribution in [0.25, 0.3) is 6.08 Å². The molecule has 0 bridgehead atoms. The predicted octanol–water partition coefficient (Wildman–Crippen LogP) is 6.31. The molecule has 1 saturated heterocycles. The lowest BCUT2D eigenvalue weighted by Gasteiger charge is -2.19. The van der Waals surface area contributed by atoms with Gasteiger partial charge in [0.25, 0.3) is 11.1 Å². The monoisotopic (exact) mass is 619 g/mol. The van der Waals surface area contributed by atoms with Crippen LogP contribution in [0.4, 0.5) is 4.79 Å². The second-order valence-electron chi connectivity index (χ2n) is 6.40. The fourth-order valence-electron chi connectivity index (χ4n) is 2.72. The first-order chi connectivity index (χ1) is 13.4. The number of hydrogen-bond acceptors (Lipinski definition) is 4. The summed E-state index contributed by atoms with van der Waals surface area (Å²) in [6.45, 7) is 4.36. The Balaban J connectivity index is 1.80. The Bertz CT molecular complexity index is 907. The fourth-order valence-corrected chi connectivity index (χ4v) is 5.78. The van der Waals surface area contributed by atoms with Crippen LogP contribution in [0.15, 0.2) is 47.4 Å². The number of amides is 2. The molecule has 146 valence electrons. The third-order valence-corrected chi connectivity index (χ3v) is 6.89. The van der Waals surface area contributed by atoms with Gasteiger partial charge in [0.15, 0.2) is 0 Å². The highest BCUT2D eigenvalue weighted by molar-refractivity contribution is 14.1. The molecule has 2 aromatic rings. The van der Waals surface area contributed by atoms with Crippen LogP contribution < -0.4 is 4.74 Å². The third kappa shape index (κ3) is 4.91. The van der Waals surface area contributed by atoms with Crippen molar-refractivity contribution in [2.45, 2.75) is 32.9 Å². The maximum absolute atomic E-state index is 12.6. The molecule has 1 fully saturated rings. The van der Waals surface area contributed by atoms with Crippen molar-refractivity contribution < 1.29 is 14.3 Å². The number of thioether (sulfide) groups is 1. The van der Waals surface area contributed by atoms with Gasteiger partial charge in [0.1, 0.15) is 12.4 Å². The SMILES string of the molecule is CC[C@H](C)N1C(=O)S/C(=C/c2cc(I)c(OCc3ccccc3)c(I)c2)C1=O. The summed E-state index contributed by atoms with van der Waals surface area (Å²) in [4.78, 5) is 26.6. The Hall–Kier alpha value is -1.07. The molecule has 0 unspecified atom stereocenters. The number of carbonyl (C=O) groups is 2. The van der Waals surface area contributed by atoms with Crippen LogP contribution in [-0.4, -0.2) is 22.1 Å². The Morgan fingerprint density at radius 3 is 2.39 bits per heavy atom. The average Bonchev–Trinajstić information content (AvgIpc) is 2.94. The van der Waals surface area contributed by atoms with Gasteiger partial charge >= 0.3 is 0 Å². The molecular weight excluding hydrogens is 600 g/mol. The molecule has 4 nitrogen and oxygen atoms in total. The lowest BCUT2D eigenvalue weighted by atomic mass is 10.2. The van der Waals surface area contributed by atoms with Crippen molar-refractivity contribution in [1.82, 2.24) is 4.90 Å². The highest BCUT2D eigenvalue weighted by atomic mass is 127. The Morgan fingerprint density at radius 2 is 1.79 bits per heavy atom. The highest BCUT2D eigenvalue weighted by Crippen LogP contribution is 2.36. The first-order valence-electron chi connectivity index (χ1n) is 8.83. The average molecular weight is 619 g/mol. The minimum Gasteiger partial charge on any atom is -0.487 e. The van der Waals surface area contributed by atoms with Crippen LogP contribution in [0.3, 0.4) is 0 Å². The number of rotatable bonds is 6. The van der Waals surface area contributed by atoms with Crippen molar-refractivity contribution in [3.05, 3.63) is 65.6 Å². The summed E-state index contributed by atoms with van der Waals surface area (Å²) in [7, 11) is 0. The molecule has 7 heteroatoms. The number of carbonyl (C=O) groups excluding carboxylic acids is 2. The summed E-state index contributed by atoms with van der Waals surface area (Å²) in [6, 6.07) is 13.9. The van der Waals surface area contributed by atoms with Gasteiger partial charge in [-0.15, -0.1) is 0 Å². The van der Waals surface area contributed by atoms with E-state index in [1.807, 2.05) is 56.3 Å². The fraction of sp³-hybridized carbons (Fsp3) is 0.238. The summed E-state index contributed by atoms with van der Waals surface area (Å²) in [5.41, 5.74) is 1.99. The molecule has 28 heavy (non-hydrogen) atoms. The van der Waals surface area contributed by atoms with Gasteiger partial charge in [-0.25, -0.2) is 0 Å². The van der Waals surface area contributed by atoms with E-state index in [4.69, 9.17) is 4.74 Å². The van der Waals surface area contributed by atoms with Gasteiger partial charge in [-0.3, -0.25) is 14.5 Å². The second-order valence-corrected chi connectivity index (χ2v) is 9.71. The molecule has 0 aromatic heterocycles. The summed E-state index contributed by atoms with van der Waals surface area (Å²) >= 11 is 5.49. The van der Waals surface area contributed by atoms with E-state index in [0.717, 1.165) is 42.2 Å². The second kappa shape index (κ2) is 9.62. The number of hydrogen-bond donors (Lipinski definition) is 0. The molecule has 2 aromatic carbocycles. The van der Waals surface area contributed by atoms with E-state index in [0.29, 0.717) is 11.5 Å². The van der Waals surface area contributed by atoms with Gasteiger partial charge in [0.2, 0.25) is 0 Å². The van der Waals surface area contributed by atoms with Gasteiger partial charge in [0, 0.05) is 6.04 Å². The van der Waals surface area contributed by atoms with E-state index in [1.165, 1.54) is 4.90 Å². The quantitative estimate of drug-likeness (QED) is 0.281. The standard InChI is InChI=1S/C21H19I2NO3S/c1-3-13(2)24-20(25)18(28-21(24)26)11-15-9-16(22)19(17(23)10-15)27-12-14-7-5-4-6-8-14/h4-11,13H,3,12H2,1-2H3/b18-11+/t13-/m0/s1. The molecule has 0 saturated carbocycles. The van der Waals surface area contributed by atoms with E-state index in [9.17, 15) is 9.59 Å². The third-order valence-electron chi connectivity index (χ3n) is 4.40. The minimum atomic E-state index is -0.209. The maximum atomic E-state index is 12.6. The van der Waals surface area contributed by atoms with Crippen LogP contribution in [0.5, 0.6) is 5.75 Å². The summed E-state index contributed by atoms with van der Waals surface area (Å²) in [6.07, 6.45) is 2.53. The van der Waals surface area contributed by atoms with Crippen LogP contribution >= 0.6 is 56.9 Å². The van der Waals surface area contributed by atoms with E-state index in [-0.39, 0.29) is 17.2 Å². The number of halogens is 2. The Kier molecular flexibility index (Phi) is 7.43. The van der Waals surface area contributed by atoms with E-state index < -0.39 is 0 Å². The van der Waals surface area contributed by atoms with Crippen molar-refractivity contribution in [3.63, 3.8) is 0 Å². The molecule has 0 N–H and O–H groups in total. The zero-order chi connectivity index (χ0) is 20.3. The minimum absolute atomic E-state index is 0.0903. The topological polar surface area (TPSA) is 46.6 Å². The number of ether oxygens (including phenoxy) is 1. The normalized spacial score (nSPS) is 16.7. The van der Waals surface area contributed by atoms with Crippen molar-refractivity contribution in [3.8, 4) is 5.75 Å². The molecule has 0 radical (unpaired) electrons. The Labute approximate surface area is 196 Å². The lowest BCUT2D eigenvalue weighted by Crippen LogP contribution is -2.36. The molecular formula is C21H19I2NO3S. The molecule has 2 amide bonds. The number of benzene rings is 2. The highest BCUT2D eigenvalue weighted by Gasteiger charge is 2.37. The molecule has 3 rings (SSSR count). The van der Waals surface area contributed by atoms with Crippen molar-refractivity contribution in [2.24, 2.45) is 0 Å². The molecule has 1 atom stereocenters. The Morgan fingerprint density at radius 1 is 1.14 bits per heavy atom. The maximum Gasteiger partial charge on any atom is 0.293 e. The van der Waals surface area contributed by atoms with Gasteiger partial charge < -0.3 is 4.74 Å². The van der Waals surface area contributed by atoms with Crippen molar-refractivity contribution in [2.75, 3.05) is 0 Å². The zero-order valence-electron chi connectivity index (χ0n) is 15.4. The molecule has 0 spiro atoms. The van der Waals surface area contributed by atoms with Gasteiger partial charge in [-0.05, 0) is 99.6 Å². The van der Waals surface area contributed by atoms with E-state index in [1.54, 1.807) is 6.08 Å². The largest absolute Gasteiger partial charge is 0.487 e. The van der Waals surface area contributed by atoms with Crippen molar-refractivity contribution >= 4 is 74.2 Å². The first-order valence-corrected chi connectivity index (χ1v) is 11.8. The van der Waals surface area contributed by atoms with E-state index >= 15 is 0 Å². The van der Waals surface area contributed by atoms with Gasteiger partial charge in [0.05, 0.1) is 12.0 Å². The van der Waals surface area contributed by atoms with Crippen LogP contribution in [-0.2, 0) is 11.4 Å². The van der Waals surface area contributed by atoms with Crippen LogP contribution in [0, 0.1) is 7.14 Å². The number of imide groups is 1. The van der Waals surface area contributed by atoms with E-state index in [2.05, 4.69) is 45.2 Å². The summed E-state index contributed by atoms with van der Waals surface area (Å²) < 4.78 is 7.94. The van der Waals surface area contributed by atoms with Gasteiger partial charge in [-0.1, -0.05) is 37.3 Å². The smallest absolute Gasteiger partial charge is 0.293 e. The van der Waals surface area contributed by atoms with Crippen LogP contribution in [0.2, 0.25) is 0 Å². The molecule has 0 aliphatic carbocycles. The zero-order valence-corrected chi connectivity index (χ0v) is 20.6. The lowest BCUT2D eigenvalue weighted by molar-refractivity contribution is -0.124. The number of nitrogens with zero attached hydrogens (tertiary/aromatic N) is 1. The first kappa shape index (κ1) is 21.6. The molecule has 1 heterocycles. The van der Waals surface area contributed by atoms with Crippen molar-refractivity contribution in [1.29, 1.82) is 0 Å². The summed E-state index contributed by atoms with van der Waals surface area (Å²) in [5, 5.41) is -0.196. The van der Waals surface area contributed by atoms with Gasteiger partial charge in [-0.2, -0.15) is 0 Å². The summed E-state index contributed by atoms with van der Waals surface area (Å²) in [5.74, 6) is 0.619. The molecule has 1 aliphatic rings. The van der Waals surface area contributed by atoms with Crippen LogP contribution in [0.1, 0.15) is 31.4 Å².